The molecule has 3 N–H and O–H groups in total. The predicted octanol–water partition coefficient (Wildman–Crippen LogP) is 3.07. The lowest BCUT2D eigenvalue weighted by Crippen LogP contribution is -2.30. The molecule has 7 heteroatoms. The first-order valence-corrected chi connectivity index (χ1v) is 9.60. The quantitative estimate of drug-likeness (QED) is 0.506. The van der Waals surface area contributed by atoms with E-state index in [1.54, 1.807) is 0 Å². The number of rotatable bonds is 6. The van der Waals surface area contributed by atoms with Gasteiger partial charge in [0, 0.05) is 12.1 Å². The zero-order chi connectivity index (χ0) is 19.4. The third-order valence-electron chi connectivity index (χ3n) is 4.29. The molecule has 1 heterocycles. The van der Waals surface area contributed by atoms with Gasteiger partial charge in [-0.25, -0.2) is 4.68 Å². The van der Waals surface area contributed by atoms with Crippen molar-refractivity contribution in [1.82, 2.24) is 20.2 Å². The Balaban J connectivity index is 1.64. The van der Waals surface area contributed by atoms with Crippen molar-refractivity contribution in [3.63, 3.8) is 0 Å². The van der Waals surface area contributed by atoms with Crippen molar-refractivity contribution in [2.75, 3.05) is 5.84 Å². The van der Waals surface area contributed by atoms with Crippen LogP contribution in [-0.4, -0.2) is 26.0 Å². The molecule has 0 fully saturated rings. The van der Waals surface area contributed by atoms with Crippen molar-refractivity contribution < 1.29 is 4.79 Å². The number of nitrogens with zero attached hydrogens (tertiary/aromatic N) is 3. The zero-order valence-electron chi connectivity index (χ0n) is 15.6. The Bertz CT molecular complexity index is 936. The number of aryl methyl sites for hydroxylation is 2. The first kappa shape index (κ1) is 19.0. The number of carbonyl (C=O) groups is 1. The summed E-state index contributed by atoms with van der Waals surface area (Å²) in [7, 11) is 0. The van der Waals surface area contributed by atoms with Gasteiger partial charge in [-0.1, -0.05) is 65.9 Å². The summed E-state index contributed by atoms with van der Waals surface area (Å²) in [4.78, 5) is 12.4. The van der Waals surface area contributed by atoms with Crippen LogP contribution in [0.1, 0.15) is 23.6 Å². The highest BCUT2D eigenvalue weighted by Crippen LogP contribution is 2.26. The second-order valence-electron chi connectivity index (χ2n) is 6.45. The summed E-state index contributed by atoms with van der Waals surface area (Å²) in [5.41, 5.74) is 4.25. The van der Waals surface area contributed by atoms with E-state index in [1.807, 2.05) is 69.3 Å². The van der Waals surface area contributed by atoms with E-state index in [0.29, 0.717) is 17.5 Å². The molecule has 0 aliphatic carbocycles. The number of carbonyl (C=O) groups excluding carboxylic acids is 1. The number of amides is 1. The molecule has 1 aromatic heterocycles. The van der Waals surface area contributed by atoms with Gasteiger partial charge < -0.3 is 11.2 Å². The van der Waals surface area contributed by atoms with E-state index in [1.165, 1.54) is 22.0 Å². The Kier molecular flexibility index (Phi) is 5.81. The van der Waals surface area contributed by atoms with E-state index in [0.717, 1.165) is 16.7 Å². The number of hydrogen-bond acceptors (Lipinski definition) is 5. The number of thioether (sulfide) groups is 1. The van der Waals surface area contributed by atoms with Gasteiger partial charge in [-0.05, 0) is 31.9 Å². The van der Waals surface area contributed by atoms with Gasteiger partial charge in [0.15, 0.2) is 5.82 Å². The van der Waals surface area contributed by atoms with Gasteiger partial charge in [0.1, 0.15) is 0 Å². The summed E-state index contributed by atoms with van der Waals surface area (Å²) in [6.07, 6.45) is 0. The minimum Gasteiger partial charge on any atom is -0.351 e. The third-order valence-corrected chi connectivity index (χ3v) is 5.35. The molecule has 0 aliphatic rings. The lowest BCUT2D eigenvalue weighted by atomic mass is 10.1. The van der Waals surface area contributed by atoms with E-state index >= 15 is 0 Å². The number of hydrogen-bond donors (Lipinski definition) is 2. The molecule has 1 amide bonds. The molecule has 0 radical (unpaired) electrons. The van der Waals surface area contributed by atoms with E-state index in [9.17, 15) is 4.79 Å². The molecule has 3 aromatic rings. The van der Waals surface area contributed by atoms with Crippen molar-refractivity contribution in [3.05, 3.63) is 65.2 Å². The van der Waals surface area contributed by atoms with Gasteiger partial charge in [0.2, 0.25) is 11.1 Å². The van der Waals surface area contributed by atoms with E-state index in [-0.39, 0.29) is 11.2 Å². The Hall–Kier alpha value is -2.80. The lowest BCUT2D eigenvalue weighted by Gasteiger charge is -2.12. The van der Waals surface area contributed by atoms with Gasteiger partial charge >= 0.3 is 0 Å². The SMILES string of the molecule is Cc1ccc(CNC(=O)[C@H](C)Sc2nnc(-c3ccccc3C)n2N)cc1. The number of nitrogen functional groups attached to an aromatic ring is 1. The van der Waals surface area contributed by atoms with Crippen LogP contribution in [0.25, 0.3) is 11.4 Å². The van der Waals surface area contributed by atoms with Crippen molar-refractivity contribution in [2.45, 2.75) is 37.7 Å². The first-order valence-electron chi connectivity index (χ1n) is 8.72. The fraction of sp³-hybridized carbons (Fsp3) is 0.250. The average molecular weight is 382 g/mol. The fourth-order valence-corrected chi connectivity index (χ4v) is 3.41. The highest BCUT2D eigenvalue weighted by atomic mass is 32.2. The summed E-state index contributed by atoms with van der Waals surface area (Å²) in [6.45, 7) is 6.36. The van der Waals surface area contributed by atoms with Gasteiger partial charge in [0.25, 0.3) is 0 Å². The lowest BCUT2D eigenvalue weighted by molar-refractivity contribution is -0.120. The smallest absolute Gasteiger partial charge is 0.233 e. The zero-order valence-corrected chi connectivity index (χ0v) is 16.5. The molecule has 1 atom stereocenters. The number of nitrogens with one attached hydrogen (secondary N) is 1. The van der Waals surface area contributed by atoms with Gasteiger partial charge in [0.05, 0.1) is 5.25 Å². The van der Waals surface area contributed by atoms with Gasteiger partial charge in [-0.3, -0.25) is 4.79 Å². The Morgan fingerprint density at radius 1 is 1.15 bits per heavy atom. The Morgan fingerprint density at radius 2 is 1.85 bits per heavy atom. The first-order chi connectivity index (χ1) is 13.0. The van der Waals surface area contributed by atoms with Crippen LogP contribution in [0.5, 0.6) is 0 Å². The summed E-state index contributed by atoms with van der Waals surface area (Å²) in [5, 5.41) is 11.5. The molecule has 2 aromatic carbocycles. The normalized spacial score (nSPS) is 12.0. The summed E-state index contributed by atoms with van der Waals surface area (Å²) in [5.74, 6) is 6.69. The molecular formula is C20H23N5OS. The van der Waals surface area contributed by atoms with Crippen LogP contribution in [0.4, 0.5) is 0 Å². The molecule has 140 valence electrons. The topological polar surface area (TPSA) is 85.8 Å². The molecular weight excluding hydrogens is 358 g/mol. The van der Waals surface area contributed by atoms with Crippen LogP contribution in [-0.2, 0) is 11.3 Å². The van der Waals surface area contributed by atoms with Crippen LogP contribution >= 0.6 is 11.8 Å². The van der Waals surface area contributed by atoms with Crippen molar-refractivity contribution >= 4 is 17.7 Å². The average Bonchev–Trinajstić information content (AvgIpc) is 3.01. The van der Waals surface area contributed by atoms with E-state index in [4.69, 9.17) is 5.84 Å². The molecule has 3 rings (SSSR count). The van der Waals surface area contributed by atoms with Gasteiger partial charge in [-0.15, -0.1) is 10.2 Å². The fourth-order valence-electron chi connectivity index (χ4n) is 2.62. The minimum absolute atomic E-state index is 0.0685. The third kappa shape index (κ3) is 4.49. The predicted molar refractivity (Wildman–Crippen MR) is 109 cm³/mol. The monoisotopic (exact) mass is 381 g/mol. The van der Waals surface area contributed by atoms with Crippen LogP contribution in [0.3, 0.4) is 0 Å². The molecule has 0 saturated carbocycles. The number of nitrogens with two attached hydrogens (primary N) is 1. The maximum atomic E-state index is 12.4. The largest absolute Gasteiger partial charge is 0.351 e. The molecule has 0 bridgehead atoms. The molecule has 0 spiro atoms. The van der Waals surface area contributed by atoms with Crippen LogP contribution < -0.4 is 11.2 Å². The van der Waals surface area contributed by atoms with Crippen LogP contribution in [0.15, 0.2) is 53.7 Å². The molecule has 6 nitrogen and oxygen atoms in total. The number of aromatic nitrogens is 3. The molecule has 0 unspecified atom stereocenters. The molecule has 0 aliphatic heterocycles. The van der Waals surface area contributed by atoms with E-state index < -0.39 is 0 Å². The van der Waals surface area contributed by atoms with Crippen molar-refractivity contribution in [1.29, 1.82) is 0 Å². The second-order valence-corrected chi connectivity index (χ2v) is 7.76. The van der Waals surface area contributed by atoms with Gasteiger partial charge in [-0.2, -0.15) is 0 Å². The van der Waals surface area contributed by atoms with E-state index in [2.05, 4.69) is 15.5 Å². The number of benzene rings is 2. The maximum absolute atomic E-state index is 12.4. The Labute approximate surface area is 163 Å². The standard InChI is InChI=1S/C20H23N5OS/c1-13-8-10-16(11-9-13)12-22-19(26)15(3)27-20-24-23-18(25(20)21)17-7-5-4-6-14(17)2/h4-11,15H,12,21H2,1-3H3,(H,22,26)/t15-/m0/s1. The minimum atomic E-state index is -0.341. The summed E-state index contributed by atoms with van der Waals surface area (Å²) < 4.78 is 1.44. The Morgan fingerprint density at radius 3 is 2.56 bits per heavy atom. The summed E-state index contributed by atoms with van der Waals surface area (Å²) in [6, 6.07) is 15.9. The molecule has 0 saturated heterocycles. The highest BCUT2D eigenvalue weighted by molar-refractivity contribution is 8.00. The molecule has 27 heavy (non-hydrogen) atoms. The summed E-state index contributed by atoms with van der Waals surface area (Å²) >= 11 is 1.29. The highest BCUT2D eigenvalue weighted by Gasteiger charge is 2.20. The maximum Gasteiger partial charge on any atom is 0.233 e. The van der Waals surface area contributed by atoms with Crippen molar-refractivity contribution in [3.8, 4) is 11.4 Å². The van der Waals surface area contributed by atoms with Crippen molar-refractivity contribution in [2.24, 2.45) is 0 Å². The second kappa shape index (κ2) is 8.26. The van der Waals surface area contributed by atoms with Crippen LogP contribution in [0, 0.1) is 13.8 Å². The van der Waals surface area contributed by atoms with Crippen LogP contribution in [0.2, 0.25) is 0 Å².